The lowest BCUT2D eigenvalue weighted by atomic mass is 9.98. The van der Waals surface area contributed by atoms with E-state index in [1.54, 1.807) is 0 Å². The molecule has 22 heavy (non-hydrogen) atoms. The summed E-state index contributed by atoms with van der Waals surface area (Å²) in [5.74, 6) is 0.601. The van der Waals surface area contributed by atoms with Crippen molar-refractivity contribution in [1.82, 2.24) is 16.0 Å². The molecule has 4 heteroatoms. The van der Waals surface area contributed by atoms with Crippen molar-refractivity contribution >= 4 is 16.8 Å². The van der Waals surface area contributed by atoms with Crippen LogP contribution in [0.1, 0.15) is 18.4 Å². The molecule has 116 valence electrons. The Morgan fingerprint density at radius 2 is 1.82 bits per heavy atom. The molecule has 0 atom stereocenters. The first-order chi connectivity index (χ1) is 10.8. The zero-order chi connectivity index (χ0) is 15.2. The van der Waals surface area contributed by atoms with E-state index < -0.39 is 0 Å². The second-order valence-electron chi connectivity index (χ2n) is 5.90. The molecule has 3 rings (SSSR count). The molecule has 2 amide bonds. The number of carbonyl (C=O) groups is 1. The monoisotopic (exact) mass is 297 g/mol. The van der Waals surface area contributed by atoms with Gasteiger partial charge in [0.15, 0.2) is 0 Å². The third-order valence-corrected chi connectivity index (χ3v) is 4.33. The van der Waals surface area contributed by atoms with Gasteiger partial charge in [0.1, 0.15) is 0 Å². The molecular weight excluding hydrogens is 274 g/mol. The fourth-order valence-corrected chi connectivity index (χ4v) is 3.01. The van der Waals surface area contributed by atoms with E-state index in [0.717, 1.165) is 38.0 Å². The predicted molar refractivity (Wildman–Crippen MR) is 89.8 cm³/mol. The Kier molecular flexibility index (Phi) is 4.91. The number of amides is 2. The van der Waals surface area contributed by atoms with E-state index >= 15 is 0 Å². The van der Waals surface area contributed by atoms with Gasteiger partial charge in [-0.15, -0.1) is 0 Å². The SMILES string of the molecule is O=C(NCc1cccc2ccccc12)NCC1CCNCC1. The van der Waals surface area contributed by atoms with Crippen LogP contribution in [0.15, 0.2) is 42.5 Å². The fourth-order valence-electron chi connectivity index (χ4n) is 3.01. The highest BCUT2D eigenvalue weighted by Crippen LogP contribution is 2.18. The van der Waals surface area contributed by atoms with Gasteiger partial charge in [0.2, 0.25) is 0 Å². The average molecular weight is 297 g/mol. The molecule has 1 aliphatic rings. The van der Waals surface area contributed by atoms with Gasteiger partial charge < -0.3 is 16.0 Å². The molecule has 3 N–H and O–H groups in total. The Hall–Kier alpha value is -2.07. The van der Waals surface area contributed by atoms with Crippen LogP contribution >= 0.6 is 0 Å². The molecule has 0 unspecified atom stereocenters. The van der Waals surface area contributed by atoms with Gasteiger partial charge in [0.05, 0.1) is 0 Å². The zero-order valence-electron chi connectivity index (χ0n) is 12.8. The van der Waals surface area contributed by atoms with Gasteiger partial charge in [-0.05, 0) is 48.2 Å². The Morgan fingerprint density at radius 1 is 1.05 bits per heavy atom. The first kappa shape index (κ1) is 14.9. The second-order valence-corrected chi connectivity index (χ2v) is 5.90. The smallest absolute Gasteiger partial charge is 0.315 e. The zero-order valence-corrected chi connectivity index (χ0v) is 12.8. The molecule has 0 radical (unpaired) electrons. The summed E-state index contributed by atoms with van der Waals surface area (Å²) in [6.45, 7) is 3.44. The van der Waals surface area contributed by atoms with Crippen molar-refractivity contribution in [3.63, 3.8) is 0 Å². The maximum atomic E-state index is 12.0. The quantitative estimate of drug-likeness (QED) is 0.812. The number of carbonyl (C=O) groups excluding carboxylic acids is 1. The maximum Gasteiger partial charge on any atom is 0.315 e. The molecule has 0 aliphatic carbocycles. The molecule has 2 aromatic carbocycles. The minimum Gasteiger partial charge on any atom is -0.338 e. The summed E-state index contributed by atoms with van der Waals surface area (Å²) in [4.78, 5) is 12.0. The molecule has 1 heterocycles. The van der Waals surface area contributed by atoms with Crippen molar-refractivity contribution in [2.45, 2.75) is 19.4 Å². The second kappa shape index (κ2) is 7.27. The van der Waals surface area contributed by atoms with Gasteiger partial charge in [-0.25, -0.2) is 4.79 Å². The van der Waals surface area contributed by atoms with E-state index in [4.69, 9.17) is 0 Å². The van der Waals surface area contributed by atoms with E-state index in [2.05, 4.69) is 40.2 Å². The molecule has 0 spiro atoms. The molecule has 0 saturated carbocycles. The van der Waals surface area contributed by atoms with Crippen molar-refractivity contribution in [2.24, 2.45) is 5.92 Å². The minimum atomic E-state index is -0.0773. The molecule has 0 aromatic heterocycles. The van der Waals surface area contributed by atoms with E-state index in [-0.39, 0.29) is 6.03 Å². The summed E-state index contributed by atoms with van der Waals surface area (Å²) in [6.07, 6.45) is 2.28. The van der Waals surface area contributed by atoms with E-state index in [0.29, 0.717) is 12.5 Å². The number of benzene rings is 2. The highest BCUT2D eigenvalue weighted by molar-refractivity contribution is 5.86. The Morgan fingerprint density at radius 3 is 2.68 bits per heavy atom. The van der Waals surface area contributed by atoms with Gasteiger partial charge in [-0.1, -0.05) is 42.5 Å². The average Bonchev–Trinajstić information content (AvgIpc) is 2.59. The lowest BCUT2D eigenvalue weighted by molar-refractivity contribution is 0.236. The van der Waals surface area contributed by atoms with Crippen molar-refractivity contribution in [1.29, 1.82) is 0 Å². The van der Waals surface area contributed by atoms with Crippen molar-refractivity contribution in [3.05, 3.63) is 48.0 Å². The largest absolute Gasteiger partial charge is 0.338 e. The number of hydrogen-bond donors (Lipinski definition) is 3. The number of piperidine rings is 1. The maximum absolute atomic E-state index is 12.0. The van der Waals surface area contributed by atoms with Crippen molar-refractivity contribution < 1.29 is 4.79 Å². The van der Waals surface area contributed by atoms with Gasteiger partial charge in [-0.2, -0.15) is 0 Å². The van der Waals surface area contributed by atoms with Crippen molar-refractivity contribution in [3.8, 4) is 0 Å². The molecule has 1 saturated heterocycles. The summed E-state index contributed by atoms with van der Waals surface area (Å²) >= 11 is 0. The Balaban J connectivity index is 1.51. The number of rotatable bonds is 4. The summed E-state index contributed by atoms with van der Waals surface area (Å²) in [5, 5.41) is 11.7. The van der Waals surface area contributed by atoms with Crippen LogP contribution in [0, 0.1) is 5.92 Å². The predicted octanol–water partition coefficient (Wildman–Crippen LogP) is 2.64. The topological polar surface area (TPSA) is 53.2 Å². The Bertz CT molecular complexity index is 630. The van der Waals surface area contributed by atoms with Gasteiger partial charge in [-0.3, -0.25) is 0 Å². The van der Waals surface area contributed by atoms with Crippen LogP contribution in [0.2, 0.25) is 0 Å². The van der Waals surface area contributed by atoms with Gasteiger partial charge in [0, 0.05) is 13.1 Å². The molecule has 1 aliphatic heterocycles. The van der Waals surface area contributed by atoms with E-state index in [9.17, 15) is 4.79 Å². The Labute approximate surface area is 131 Å². The first-order valence-corrected chi connectivity index (χ1v) is 8.02. The lowest BCUT2D eigenvalue weighted by Crippen LogP contribution is -2.40. The molecule has 0 bridgehead atoms. The number of hydrogen-bond acceptors (Lipinski definition) is 2. The molecule has 1 fully saturated rings. The third-order valence-electron chi connectivity index (χ3n) is 4.33. The van der Waals surface area contributed by atoms with Crippen molar-refractivity contribution in [2.75, 3.05) is 19.6 Å². The highest BCUT2D eigenvalue weighted by Gasteiger charge is 2.13. The van der Waals surface area contributed by atoms with Gasteiger partial charge >= 0.3 is 6.03 Å². The lowest BCUT2D eigenvalue weighted by Gasteiger charge is -2.22. The summed E-state index contributed by atoms with van der Waals surface area (Å²) < 4.78 is 0. The first-order valence-electron chi connectivity index (χ1n) is 8.02. The number of fused-ring (bicyclic) bond motifs is 1. The van der Waals surface area contributed by atoms with E-state index in [1.165, 1.54) is 10.8 Å². The standard InChI is InChI=1S/C18H23N3O/c22-18(20-12-14-8-10-19-11-9-14)21-13-16-6-3-5-15-4-1-2-7-17(15)16/h1-7,14,19H,8-13H2,(H2,20,21,22). The normalized spacial score (nSPS) is 15.6. The van der Waals surface area contributed by atoms with Crippen LogP contribution in [0.3, 0.4) is 0 Å². The molecule has 4 nitrogen and oxygen atoms in total. The summed E-state index contributed by atoms with van der Waals surface area (Å²) in [7, 11) is 0. The van der Waals surface area contributed by atoms with Crippen LogP contribution in [-0.2, 0) is 6.54 Å². The minimum absolute atomic E-state index is 0.0773. The molecule has 2 aromatic rings. The number of nitrogens with one attached hydrogen (secondary N) is 3. The molecular formula is C18H23N3O. The summed E-state index contributed by atoms with van der Waals surface area (Å²) in [5.41, 5.74) is 1.15. The van der Waals surface area contributed by atoms with Crippen LogP contribution in [0.5, 0.6) is 0 Å². The van der Waals surface area contributed by atoms with Gasteiger partial charge in [0.25, 0.3) is 0 Å². The highest BCUT2D eigenvalue weighted by atomic mass is 16.2. The van der Waals surface area contributed by atoms with Crippen LogP contribution < -0.4 is 16.0 Å². The van der Waals surface area contributed by atoms with E-state index in [1.807, 2.05) is 18.2 Å². The van der Waals surface area contributed by atoms with Crippen LogP contribution in [0.25, 0.3) is 10.8 Å². The fraction of sp³-hybridized carbons (Fsp3) is 0.389. The number of urea groups is 1. The third kappa shape index (κ3) is 3.77. The summed E-state index contributed by atoms with van der Waals surface area (Å²) in [6, 6.07) is 14.4. The van der Waals surface area contributed by atoms with Crippen LogP contribution in [-0.4, -0.2) is 25.7 Å². The van der Waals surface area contributed by atoms with Crippen LogP contribution in [0.4, 0.5) is 4.79 Å².